The molecule has 0 radical (unpaired) electrons. The molecule has 5 nitrogen and oxygen atoms in total. The van der Waals surface area contributed by atoms with E-state index in [0.29, 0.717) is 18.1 Å². The molecular weight excluding hydrogens is 278 g/mol. The summed E-state index contributed by atoms with van der Waals surface area (Å²) in [5, 5.41) is 4.30. The van der Waals surface area contributed by atoms with Crippen molar-refractivity contribution >= 4 is 0 Å². The number of aryl methyl sites for hydroxylation is 1. The van der Waals surface area contributed by atoms with Crippen LogP contribution in [0.3, 0.4) is 0 Å². The minimum Gasteiger partial charge on any atom is -0.493 e. The molecule has 0 fully saturated rings. The van der Waals surface area contributed by atoms with Gasteiger partial charge in [0.1, 0.15) is 5.75 Å². The van der Waals surface area contributed by atoms with Gasteiger partial charge in [0.2, 0.25) is 0 Å². The summed E-state index contributed by atoms with van der Waals surface area (Å²) in [6.07, 6.45) is 0. The first-order valence-corrected chi connectivity index (χ1v) is 7.45. The van der Waals surface area contributed by atoms with E-state index in [0.717, 1.165) is 17.0 Å². The van der Waals surface area contributed by atoms with E-state index in [1.54, 1.807) is 20.0 Å². The predicted molar refractivity (Wildman–Crippen MR) is 87.8 cm³/mol. The molecule has 0 aliphatic rings. The molecule has 1 unspecified atom stereocenters. The first-order valence-electron chi connectivity index (χ1n) is 7.45. The Morgan fingerprint density at radius 1 is 1.23 bits per heavy atom. The van der Waals surface area contributed by atoms with Gasteiger partial charge in [0, 0.05) is 24.2 Å². The highest BCUT2D eigenvalue weighted by Gasteiger charge is 2.11. The third kappa shape index (κ3) is 3.74. The van der Waals surface area contributed by atoms with Crippen LogP contribution in [-0.2, 0) is 7.05 Å². The van der Waals surface area contributed by atoms with Crippen LogP contribution in [0.1, 0.15) is 32.4 Å². The van der Waals surface area contributed by atoms with Gasteiger partial charge in [0.25, 0.3) is 5.56 Å². The number of hydrogen-bond donors (Lipinski definition) is 1. The topological polar surface area (TPSA) is 70.1 Å². The molecule has 22 heavy (non-hydrogen) atoms. The maximum atomic E-state index is 12.0. The highest BCUT2D eigenvalue weighted by Crippen LogP contribution is 2.22. The quantitative estimate of drug-likeness (QED) is 0.921. The van der Waals surface area contributed by atoms with E-state index in [1.165, 1.54) is 4.68 Å². The van der Waals surface area contributed by atoms with Gasteiger partial charge in [0.15, 0.2) is 0 Å². The molecule has 2 aromatic rings. The molecule has 2 N–H and O–H groups in total. The average molecular weight is 301 g/mol. The lowest BCUT2D eigenvalue weighted by Crippen LogP contribution is -2.27. The van der Waals surface area contributed by atoms with E-state index in [-0.39, 0.29) is 11.6 Å². The number of aromatic nitrogens is 2. The fourth-order valence-electron chi connectivity index (χ4n) is 2.08. The minimum atomic E-state index is -0.325. The van der Waals surface area contributed by atoms with Crippen molar-refractivity contribution in [1.29, 1.82) is 0 Å². The number of rotatable bonds is 5. The van der Waals surface area contributed by atoms with Crippen LogP contribution in [-0.4, -0.2) is 16.4 Å². The summed E-state index contributed by atoms with van der Waals surface area (Å²) in [7, 11) is 1.64. The number of ether oxygens (including phenoxy) is 1. The summed E-state index contributed by atoms with van der Waals surface area (Å²) in [4.78, 5) is 12.0. The van der Waals surface area contributed by atoms with Crippen LogP contribution in [0.5, 0.6) is 5.75 Å². The van der Waals surface area contributed by atoms with Crippen molar-refractivity contribution in [3.8, 4) is 17.0 Å². The van der Waals surface area contributed by atoms with Gasteiger partial charge in [-0.1, -0.05) is 13.8 Å². The molecule has 1 atom stereocenters. The van der Waals surface area contributed by atoms with Gasteiger partial charge in [-0.3, -0.25) is 4.79 Å². The first-order chi connectivity index (χ1) is 10.4. The molecule has 1 aromatic heterocycles. The summed E-state index contributed by atoms with van der Waals surface area (Å²) >= 11 is 0. The van der Waals surface area contributed by atoms with Crippen molar-refractivity contribution in [3.05, 3.63) is 46.2 Å². The van der Waals surface area contributed by atoms with Crippen LogP contribution in [0.2, 0.25) is 0 Å². The fraction of sp³-hybridized carbons (Fsp3) is 0.412. The Kier molecular flexibility index (Phi) is 4.98. The van der Waals surface area contributed by atoms with Crippen LogP contribution >= 0.6 is 0 Å². The molecule has 5 heteroatoms. The lowest BCUT2D eigenvalue weighted by molar-refractivity contribution is 0.271. The SMILES string of the molecule is CC(C)COc1ccc(-c2cc(C(C)N)c(=O)n(C)n2)cc1. The van der Waals surface area contributed by atoms with Crippen molar-refractivity contribution in [2.75, 3.05) is 6.61 Å². The molecule has 1 aromatic carbocycles. The van der Waals surface area contributed by atoms with Gasteiger partial charge in [-0.25, -0.2) is 4.68 Å². The molecule has 0 aliphatic carbocycles. The second-order valence-corrected chi connectivity index (χ2v) is 5.93. The average Bonchev–Trinajstić information content (AvgIpc) is 2.48. The van der Waals surface area contributed by atoms with Crippen molar-refractivity contribution in [2.24, 2.45) is 18.7 Å². The van der Waals surface area contributed by atoms with E-state index < -0.39 is 0 Å². The zero-order valence-corrected chi connectivity index (χ0v) is 13.5. The van der Waals surface area contributed by atoms with Gasteiger partial charge in [-0.15, -0.1) is 0 Å². The van der Waals surface area contributed by atoms with Crippen LogP contribution in [0, 0.1) is 5.92 Å². The molecule has 118 valence electrons. The van der Waals surface area contributed by atoms with E-state index in [1.807, 2.05) is 24.3 Å². The number of nitrogens with zero attached hydrogens (tertiary/aromatic N) is 2. The second-order valence-electron chi connectivity index (χ2n) is 5.93. The number of hydrogen-bond acceptors (Lipinski definition) is 4. The Hall–Kier alpha value is -2.14. The van der Waals surface area contributed by atoms with Gasteiger partial charge in [-0.2, -0.15) is 5.10 Å². The highest BCUT2D eigenvalue weighted by atomic mass is 16.5. The van der Waals surface area contributed by atoms with Gasteiger partial charge in [-0.05, 0) is 43.2 Å². The van der Waals surface area contributed by atoms with E-state index in [4.69, 9.17) is 10.5 Å². The molecule has 0 aliphatic heterocycles. The summed E-state index contributed by atoms with van der Waals surface area (Å²) < 4.78 is 7.00. The third-order valence-electron chi connectivity index (χ3n) is 3.31. The maximum absolute atomic E-state index is 12.0. The van der Waals surface area contributed by atoms with E-state index >= 15 is 0 Å². The van der Waals surface area contributed by atoms with Crippen LogP contribution in [0.15, 0.2) is 35.1 Å². The fourth-order valence-corrected chi connectivity index (χ4v) is 2.08. The molecule has 0 bridgehead atoms. The van der Waals surface area contributed by atoms with E-state index in [2.05, 4.69) is 18.9 Å². The summed E-state index contributed by atoms with van der Waals surface area (Å²) in [6, 6.07) is 9.14. The Morgan fingerprint density at radius 3 is 2.41 bits per heavy atom. The van der Waals surface area contributed by atoms with Crippen molar-refractivity contribution in [3.63, 3.8) is 0 Å². The molecule has 0 amide bonds. The lowest BCUT2D eigenvalue weighted by atomic mass is 10.1. The minimum absolute atomic E-state index is 0.157. The molecule has 0 saturated carbocycles. The second kappa shape index (κ2) is 6.75. The van der Waals surface area contributed by atoms with Gasteiger partial charge in [0.05, 0.1) is 12.3 Å². The Labute approximate surface area is 130 Å². The maximum Gasteiger partial charge on any atom is 0.271 e. The number of benzene rings is 1. The molecule has 0 spiro atoms. The first kappa shape index (κ1) is 16.2. The molecule has 1 heterocycles. The van der Waals surface area contributed by atoms with Crippen molar-refractivity contribution in [1.82, 2.24) is 9.78 Å². The van der Waals surface area contributed by atoms with Crippen LogP contribution in [0.4, 0.5) is 0 Å². The molecule has 0 saturated heterocycles. The summed E-state index contributed by atoms with van der Waals surface area (Å²) in [5.74, 6) is 1.31. The number of nitrogens with two attached hydrogens (primary N) is 1. The Morgan fingerprint density at radius 2 is 1.86 bits per heavy atom. The van der Waals surface area contributed by atoms with Crippen LogP contribution in [0.25, 0.3) is 11.3 Å². The zero-order valence-electron chi connectivity index (χ0n) is 13.5. The Balaban J connectivity index is 2.30. The normalized spacial score (nSPS) is 12.5. The highest BCUT2D eigenvalue weighted by molar-refractivity contribution is 5.60. The van der Waals surface area contributed by atoms with Gasteiger partial charge >= 0.3 is 0 Å². The van der Waals surface area contributed by atoms with Crippen molar-refractivity contribution in [2.45, 2.75) is 26.8 Å². The van der Waals surface area contributed by atoms with Crippen LogP contribution < -0.4 is 16.0 Å². The monoisotopic (exact) mass is 301 g/mol. The standard InChI is InChI=1S/C17H23N3O2/c1-11(2)10-22-14-7-5-13(6-8-14)16-9-15(12(3)18)17(21)20(4)19-16/h5-9,11-12H,10,18H2,1-4H3. The molecule has 2 rings (SSSR count). The predicted octanol–water partition coefficient (Wildman–Crippen LogP) is 2.50. The smallest absolute Gasteiger partial charge is 0.271 e. The summed E-state index contributed by atoms with van der Waals surface area (Å²) in [6.45, 7) is 6.70. The Bertz CT molecular complexity index is 688. The van der Waals surface area contributed by atoms with Gasteiger partial charge < -0.3 is 10.5 Å². The zero-order chi connectivity index (χ0) is 16.3. The lowest BCUT2D eigenvalue weighted by Gasteiger charge is -2.11. The summed E-state index contributed by atoms with van der Waals surface area (Å²) in [5.41, 5.74) is 7.92. The third-order valence-corrected chi connectivity index (χ3v) is 3.31. The van der Waals surface area contributed by atoms with E-state index in [9.17, 15) is 4.79 Å². The largest absolute Gasteiger partial charge is 0.493 e. The van der Waals surface area contributed by atoms with Crippen molar-refractivity contribution < 1.29 is 4.74 Å². The molecular formula is C17H23N3O2.